The molecule has 3 rings (SSSR count). The third-order valence-corrected chi connectivity index (χ3v) is 2.85. The van der Waals surface area contributed by atoms with Crippen molar-refractivity contribution >= 4 is 28.4 Å². The lowest BCUT2D eigenvalue weighted by atomic mass is 10.3. The number of anilines is 1. The molecule has 90 valence electrons. The highest BCUT2D eigenvalue weighted by atomic mass is 35.5. The molecule has 1 aromatic heterocycles. The normalized spacial score (nSPS) is 10.7. The van der Waals surface area contributed by atoms with Crippen LogP contribution in [0.4, 0.5) is 5.69 Å². The second-order valence-electron chi connectivity index (χ2n) is 3.94. The number of benzene rings is 2. The molecule has 0 spiro atoms. The molecule has 0 saturated carbocycles. The third kappa shape index (κ3) is 2.31. The maximum atomic E-state index is 5.90. The van der Waals surface area contributed by atoms with Crippen LogP contribution in [-0.4, -0.2) is 4.98 Å². The summed E-state index contributed by atoms with van der Waals surface area (Å²) in [6, 6.07) is 15.4. The summed E-state index contributed by atoms with van der Waals surface area (Å²) in [6.07, 6.45) is 0. The molecule has 0 atom stereocenters. The molecule has 0 aliphatic heterocycles. The summed E-state index contributed by atoms with van der Waals surface area (Å²) in [7, 11) is 0. The van der Waals surface area contributed by atoms with Crippen LogP contribution in [0.15, 0.2) is 52.9 Å². The Bertz CT molecular complexity index is 664. The van der Waals surface area contributed by atoms with Gasteiger partial charge in [-0.2, -0.15) is 0 Å². The van der Waals surface area contributed by atoms with Gasteiger partial charge in [-0.05, 0) is 30.3 Å². The van der Waals surface area contributed by atoms with Crippen molar-refractivity contribution in [3.8, 4) is 0 Å². The number of fused-ring (bicyclic) bond motifs is 1. The van der Waals surface area contributed by atoms with Crippen LogP contribution < -0.4 is 5.32 Å². The van der Waals surface area contributed by atoms with E-state index in [4.69, 9.17) is 16.0 Å². The molecule has 0 amide bonds. The van der Waals surface area contributed by atoms with Crippen molar-refractivity contribution in [3.05, 3.63) is 59.4 Å². The Labute approximate surface area is 109 Å². The standard InChI is InChI=1S/C14H11ClN2O/c15-10-6-7-13-12(8-10)17-14(18-13)9-16-11-4-2-1-3-5-11/h1-8,16H,9H2. The van der Waals surface area contributed by atoms with Crippen molar-refractivity contribution in [2.24, 2.45) is 0 Å². The van der Waals surface area contributed by atoms with E-state index < -0.39 is 0 Å². The molecule has 18 heavy (non-hydrogen) atoms. The number of halogens is 1. The highest BCUT2D eigenvalue weighted by Gasteiger charge is 2.05. The fourth-order valence-corrected chi connectivity index (χ4v) is 1.92. The van der Waals surface area contributed by atoms with E-state index in [9.17, 15) is 0 Å². The molecular formula is C14H11ClN2O. The van der Waals surface area contributed by atoms with Crippen LogP contribution >= 0.6 is 11.6 Å². The van der Waals surface area contributed by atoms with Crippen LogP contribution in [-0.2, 0) is 6.54 Å². The first kappa shape index (κ1) is 11.1. The van der Waals surface area contributed by atoms with E-state index in [1.807, 2.05) is 36.4 Å². The smallest absolute Gasteiger partial charge is 0.214 e. The molecule has 0 fully saturated rings. The second kappa shape index (κ2) is 4.70. The molecule has 0 unspecified atom stereocenters. The zero-order chi connectivity index (χ0) is 12.4. The maximum absolute atomic E-state index is 5.90. The van der Waals surface area contributed by atoms with E-state index in [1.54, 1.807) is 12.1 Å². The zero-order valence-corrected chi connectivity index (χ0v) is 10.3. The van der Waals surface area contributed by atoms with Crippen molar-refractivity contribution in [2.75, 3.05) is 5.32 Å². The van der Waals surface area contributed by atoms with E-state index in [1.165, 1.54) is 0 Å². The fourth-order valence-electron chi connectivity index (χ4n) is 1.76. The zero-order valence-electron chi connectivity index (χ0n) is 9.56. The van der Waals surface area contributed by atoms with Crippen LogP contribution in [0.1, 0.15) is 5.89 Å². The van der Waals surface area contributed by atoms with E-state index in [2.05, 4.69) is 10.3 Å². The van der Waals surface area contributed by atoms with Gasteiger partial charge in [0.15, 0.2) is 5.58 Å². The monoisotopic (exact) mass is 258 g/mol. The fraction of sp³-hybridized carbons (Fsp3) is 0.0714. The number of oxazole rings is 1. The average Bonchev–Trinajstić information content (AvgIpc) is 2.79. The Balaban J connectivity index is 1.79. The molecule has 2 aromatic carbocycles. The first-order valence-corrected chi connectivity index (χ1v) is 6.03. The number of hydrogen-bond acceptors (Lipinski definition) is 3. The molecule has 4 heteroatoms. The quantitative estimate of drug-likeness (QED) is 0.769. The molecule has 0 bridgehead atoms. The van der Waals surface area contributed by atoms with E-state index in [0.717, 1.165) is 16.8 Å². The highest BCUT2D eigenvalue weighted by Crippen LogP contribution is 2.20. The molecule has 3 aromatic rings. The number of rotatable bonds is 3. The number of hydrogen-bond donors (Lipinski definition) is 1. The van der Waals surface area contributed by atoms with Crippen LogP contribution in [0.2, 0.25) is 5.02 Å². The van der Waals surface area contributed by atoms with Crippen molar-refractivity contribution in [3.63, 3.8) is 0 Å². The predicted octanol–water partition coefficient (Wildman–Crippen LogP) is 4.09. The lowest BCUT2D eigenvalue weighted by Crippen LogP contribution is -1.98. The van der Waals surface area contributed by atoms with Gasteiger partial charge in [-0.1, -0.05) is 29.8 Å². The van der Waals surface area contributed by atoms with Gasteiger partial charge in [-0.15, -0.1) is 0 Å². The molecule has 1 heterocycles. The molecule has 0 aliphatic carbocycles. The molecule has 0 aliphatic rings. The molecule has 0 radical (unpaired) electrons. The summed E-state index contributed by atoms with van der Waals surface area (Å²) in [5, 5.41) is 3.91. The maximum Gasteiger partial charge on any atom is 0.214 e. The van der Waals surface area contributed by atoms with E-state index in [-0.39, 0.29) is 0 Å². The van der Waals surface area contributed by atoms with Crippen molar-refractivity contribution in [1.82, 2.24) is 4.98 Å². The summed E-state index contributed by atoms with van der Waals surface area (Å²) in [4.78, 5) is 4.38. The van der Waals surface area contributed by atoms with Gasteiger partial charge in [0.1, 0.15) is 5.52 Å². The van der Waals surface area contributed by atoms with Gasteiger partial charge in [-0.3, -0.25) is 0 Å². The summed E-state index contributed by atoms with van der Waals surface area (Å²) in [5.41, 5.74) is 2.58. The first-order valence-electron chi connectivity index (χ1n) is 5.65. The van der Waals surface area contributed by atoms with Gasteiger partial charge >= 0.3 is 0 Å². The lowest BCUT2D eigenvalue weighted by molar-refractivity contribution is 0.540. The average molecular weight is 259 g/mol. The number of para-hydroxylation sites is 1. The van der Waals surface area contributed by atoms with Gasteiger partial charge < -0.3 is 9.73 Å². The topological polar surface area (TPSA) is 38.1 Å². The van der Waals surface area contributed by atoms with Crippen molar-refractivity contribution < 1.29 is 4.42 Å². The van der Waals surface area contributed by atoms with Crippen molar-refractivity contribution in [1.29, 1.82) is 0 Å². The van der Waals surface area contributed by atoms with E-state index >= 15 is 0 Å². The Morgan fingerprint density at radius 1 is 1.11 bits per heavy atom. The minimum Gasteiger partial charge on any atom is -0.439 e. The Morgan fingerprint density at radius 3 is 2.78 bits per heavy atom. The summed E-state index contributed by atoms with van der Waals surface area (Å²) in [5.74, 6) is 0.649. The Hall–Kier alpha value is -2.00. The number of nitrogens with zero attached hydrogens (tertiary/aromatic N) is 1. The SMILES string of the molecule is Clc1ccc2oc(CNc3ccccc3)nc2c1. The predicted molar refractivity (Wildman–Crippen MR) is 72.8 cm³/mol. The molecule has 3 nitrogen and oxygen atoms in total. The minimum atomic E-state index is 0.552. The van der Waals surface area contributed by atoms with Crippen LogP contribution in [0.5, 0.6) is 0 Å². The Morgan fingerprint density at radius 2 is 1.94 bits per heavy atom. The third-order valence-electron chi connectivity index (χ3n) is 2.61. The molecular weight excluding hydrogens is 248 g/mol. The largest absolute Gasteiger partial charge is 0.439 e. The summed E-state index contributed by atoms with van der Waals surface area (Å²) in [6.45, 7) is 0.552. The highest BCUT2D eigenvalue weighted by molar-refractivity contribution is 6.31. The second-order valence-corrected chi connectivity index (χ2v) is 4.38. The van der Waals surface area contributed by atoms with E-state index in [0.29, 0.717) is 17.5 Å². The first-order chi connectivity index (χ1) is 8.81. The van der Waals surface area contributed by atoms with Gasteiger partial charge in [0, 0.05) is 10.7 Å². The molecule has 0 saturated heterocycles. The minimum absolute atomic E-state index is 0.552. The summed E-state index contributed by atoms with van der Waals surface area (Å²) >= 11 is 5.90. The lowest BCUT2D eigenvalue weighted by Gasteiger charge is -2.01. The molecule has 1 N–H and O–H groups in total. The number of aromatic nitrogens is 1. The van der Waals surface area contributed by atoms with Crippen LogP contribution in [0, 0.1) is 0 Å². The summed E-state index contributed by atoms with van der Waals surface area (Å²) < 4.78 is 5.61. The van der Waals surface area contributed by atoms with Gasteiger partial charge in [0.2, 0.25) is 5.89 Å². The van der Waals surface area contributed by atoms with Crippen molar-refractivity contribution in [2.45, 2.75) is 6.54 Å². The van der Waals surface area contributed by atoms with Gasteiger partial charge in [-0.25, -0.2) is 4.98 Å². The van der Waals surface area contributed by atoms with Crippen LogP contribution in [0.3, 0.4) is 0 Å². The van der Waals surface area contributed by atoms with Gasteiger partial charge in [0.25, 0.3) is 0 Å². The van der Waals surface area contributed by atoms with Crippen LogP contribution in [0.25, 0.3) is 11.1 Å². The van der Waals surface area contributed by atoms with Gasteiger partial charge in [0.05, 0.1) is 6.54 Å². The number of nitrogens with one attached hydrogen (secondary N) is 1. The Kier molecular flexibility index (Phi) is 2.90.